The molecule has 0 aliphatic carbocycles. The number of carbonyl (C=O) groups is 1. The number of carbonyl (C=O) groups excluding carboxylic acids is 1. The molecule has 22 heavy (non-hydrogen) atoms. The molecule has 1 atom stereocenters. The SMILES string of the molecule is C=C(C)C[C@H](C)C(=O)NCC1(N2CCCCC2)CCOCC1. The van der Waals surface area contributed by atoms with E-state index in [1.54, 1.807) is 0 Å². The van der Waals surface area contributed by atoms with Crippen molar-refractivity contribution >= 4 is 5.91 Å². The molecule has 2 heterocycles. The summed E-state index contributed by atoms with van der Waals surface area (Å²) in [6.45, 7) is 12.6. The number of amides is 1. The normalized spacial score (nSPS) is 23.7. The first kappa shape index (κ1) is 17.5. The maximum absolute atomic E-state index is 12.3. The summed E-state index contributed by atoms with van der Waals surface area (Å²) in [6.07, 6.45) is 6.73. The number of likely N-dealkylation sites (tertiary alicyclic amines) is 1. The van der Waals surface area contributed by atoms with E-state index in [2.05, 4.69) is 16.8 Å². The maximum Gasteiger partial charge on any atom is 0.223 e. The van der Waals surface area contributed by atoms with Gasteiger partial charge in [0.15, 0.2) is 0 Å². The van der Waals surface area contributed by atoms with E-state index in [1.165, 1.54) is 19.3 Å². The lowest BCUT2D eigenvalue weighted by molar-refractivity contribution is -0.126. The molecule has 2 saturated heterocycles. The van der Waals surface area contributed by atoms with Crippen molar-refractivity contribution in [2.75, 3.05) is 32.8 Å². The number of nitrogens with one attached hydrogen (secondary N) is 1. The number of hydrogen-bond donors (Lipinski definition) is 1. The topological polar surface area (TPSA) is 41.6 Å². The Bertz CT molecular complexity index is 383. The monoisotopic (exact) mass is 308 g/mol. The highest BCUT2D eigenvalue weighted by atomic mass is 16.5. The van der Waals surface area contributed by atoms with Gasteiger partial charge in [-0.15, -0.1) is 6.58 Å². The third kappa shape index (κ3) is 4.56. The molecule has 2 aliphatic heterocycles. The second-order valence-electron chi connectivity index (χ2n) is 7.16. The van der Waals surface area contributed by atoms with Crippen molar-refractivity contribution in [3.05, 3.63) is 12.2 Å². The van der Waals surface area contributed by atoms with Gasteiger partial charge in [-0.3, -0.25) is 9.69 Å². The van der Waals surface area contributed by atoms with E-state index in [-0.39, 0.29) is 17.4 Å². The van der Waals surface area contributed by atoms with E-state index in [0.29, 0.717) is 0 Å². The Hall–Kier alpha value is -0.870. The molecule has 4 heteroatoms. The summed E-state index contributed by atoms with van der Waals surface area (Å²) in [5.41, 5.74) is 1.18. The van der Waals surface area contributed by atoms with Gasteiger partial charge in [0.1, 0.15) is 0 Å². The zero-order valence-corrected chi connectivity index (χ0v) is 14.3. The van der Waals surface area contributed by atoms with Crippen molar-refractivity contribution in [2.45, 2.75) is 57.9 Å². The standard InChI is InChI=1S/C18H32N2O2/c1-15(2)13-16(3)17(21)19-14-18(7-11-22-12-8-18)20-9-5-4-6-10-20/h16H,1,4-14H2,2-3H3,(H,19,21)/t16-/m0/s1. The van der Waals surface area contributed by atoms with E-state index < -0.39 is 0 Å². The van der Waals surface area contributed by atoms with Crippen LogP contribution in [0, 0.1) is 5.92 Å². The number of ether oxygens (including phenoxy) is 1. The van der Waals surface area contributed by atoms with Gasteiger partial charge in [-0.05, 0) is 52.1 Å². The Morgan fingerprint density at radius 2 is 1.91 bits per heavy atom. The Labute approximate surface area is 135 Å². The first-order chi connectivity index (χ1) is 10.5. The summed E-state index contributed by atoms with van der Waals surface area (Å²) in [4.78, 5) is 15.0. The molecule has 2 rings (SSSR count). The molecule has 2 aliphatic rings. The predicted octanol–water partition coefficient (Wildman–Crippen LogP) is 2.74. The van der Waals surface area contributed by atoms with Gasteiger partial charge in [-0.2, -0.15) is 0 Å². The van der Waals surface area contributed by atoms with Crippen LogP contribution in [0.15, 0.2) is 12.2 Å². The van der Waals surface area contributed by atoms with Gasteiger partial charge >= 0.3 is 0 Å². The first-order valence-corrected chi connectivity index (χ1v) is 8.78. The van der Waals surface area contributed by atoms with E-state index in [4.69, 9.17) is 4.74 Å². The molecule has 0 bridgehead atoms. The van der Waals surface area contributed by atoms with E-state index in [0.717, 1.165) is 57.7 Å². The predicted molar refractivity (Wildman–Crippen MR) is 89.8 cm³/mol. The van der Waals surface area contributed by atoms with Crippen molar-refractivity contribution in [1.82, 2.24) is 10.2 Å². The third-order valence-corrected chi connectivity index (χ3v) is 5.14. The molecule has 0 aromatic rings. The molecule has 1 amide bonds. The highest BCUT2D eigenvalue weighted by Gasteiger charge is 2.39. The largest absolute Gasteiger partial charge is 0.381 e. The summed E-state index contributed by atoms with van der Waals surface area (Å²) in [7, 11) is 0. The van der Waals surface area contributed by atoms with Crippen LogP contribution >= 0.6 is 0 Å². The van der Waals surface area contributed by atoms with Crippen LogP contribution in [0.1, 0.15) is 52.4 Å². The lowest BCUT2D eigenvalue weighted by atomic mass is 9.86. The average Bonchev–Trinajstić information content (AvgIpc) is 2.53. The third-order valence-electron chi connectivity index (χ3n) is 5.14. The molecule has 4 nitrogen and oxygen atoms in total. The molecule has 0 saturated carbocycles. The minimum Gasteiger partial charge on any atom is -0.381 e. The molecular formula is C18H32N2O2. The second-order valence-corrected chi connectivity index (χ2v) is 7.16. The number of piperidine rings is 1. The molecule has 0 radical (unpaired) electrons. The van der Waals surface area contributed by atoms with Gasteiger partial charge < -0.3 is 10.1 Å². The summed E-state index contributed by atoms with van der Waals surface area (Å²) in [5, 5.41) is 3.22. The zero-order valence-electron chi connectivity index (χ0n) is 14.3. The summed E-state index contributed by atoms with van der Waals surface area (Å²) >= 11 is 0. The van der Waals surface area contributed by atoms with Crippen molar-refractivity contribution in [1.29, 1.82) is 0 Å². The summed E-state index contributed by atoms with van der Waals surface area (Å²) in [6, 6.07) is 0. The minimum absolute atomic E-state index is 0.00995. The summed E-state index contributed by atoms with van der Waals surface area (Å²) < 4.78 is 5.57. The highest BCUT2D eigenvalue weighted by Crippen LogP contribution is 2.30. The van der Waals surface area contributed by atoms with Crippen molar-refractivity contribution in [3.8, 4) is 0 Å². The zero-order chi connectivity index (χ0) is 16.0. The molecule has 0 spiro atoms. The number of nitrogens with zero attached hydrogens (tertiary/aromatic N) is 1. The van der Waals surface area contributed by atoms with Crippen LogP contribution in [0.25, 0.3) is 0 Å². The van der Waals surface area contributed by atoms with E-state index in [9.17, 15) is 4.79 Å². The average molecular weight is 308 g/mol. The molecule has 0 unspecified atom stereocenters. The fraction of sp³-hybridized carbons (Fsp3) is 0.833. The molecule has 0 aromatic carbocycles. The van der Waals surface area contributed by atoms with Gasteiger partial charge in [0.05, 0.1) is 0 Å². The minimum atomic E-state index is 0.00995. The van der Waals surface area contributed by atoms with Gasteiger partial charge in [-0.25, -0.2) is 0 Å². The molecule has 126 valence electrons. The lowest BCUT2D eigenvalue weighted by Crippen LogP contribution is -2.60. The fourth-order valence-corrected chi connectivity index (χ4v) is 3.77. The highest BCUT2D eigenvalue weighted by molar-refractivity contribution is 5.78. The van der Waals surface area contributed by atoms with E-state index in [1.807, 2.05) is 13.8 Å². The number of rotatable bonds is 6. The van der Waals surface area contributed by atoms with Crippen LogP contribution in [-0.4, -0.2) is 49.2 Å². The molecule has 0 aromatic heterocycles. The van der Waals surface area contributed by atoms with Crippen LogP contribution in [-0.2, 0) is 9.53 Å². The van der Waals surface area contributed by atoms with Crippen molar-refractivity contribution < 1.29 is 9.53 Å². The Kier molecular flexibility index (Phi) is 6.45. The molecule has 1 N–H and O–H groups in total. The Morgan fingerprint density at radius 1 is 1.27 bits per heavy atom. The number of allylic oxidation sites excluding steroid dienone is 1. The lowest BCUT2D eigenvalue weighted by Gasteiger charge is -2.48. The van der Waals surface area contributed by atoms with Crippen LogP contribution < -0.4 is 5.32 Å². The van der Waals surface area contributed by atoms with Gasteiger partial charge in [-0.1, -0.05) is 18.9 Å². The first-order valence-electron chi connectivity index (χ1n) is 8.78. The van der Waals surface area contributed by atoms with Crippen LogP contribution in [0.2, 0.25) is 0 Å². The molecule has 2 fully saturated rings. The Balaban J connectivity index is 1.94. The van der Waals surface area contributed by atoms with Crippen LogP contribution in [0.3, 0.4) is 0 Å². The van der Waals surface area contributed by atoms with Gasteiger partial charge in [0.2, 0.25) is 5.91 Å². The van der Waals surface area contributed by atoms with E-state index >= 15 is 0 Å². The fourth-order valence-electron chi connectivity index (χ4n) is 3.77. The van der Waals surface area contributed by atoms with Gasteiger partial charge in [0.25, 0.3) is 0 Å². The summed E-state index contributed by atoms with van der Waals surface area (Å²) in [5.74, 6) is 0.168. The molecular weight excluding hydrogens is 276 g/mol. The number of hydrogen-bond acceptors (Lipinski definition) is 3. The Morgan fingerprint density at radius 3 is 2.50 bits per heavy atom. The quantitative estimate of drug-likeness (QED) is 0.767. The van der Waals surface area contributed by atoms with Crippen LogP contribution in [0.5, 0.6) is 0 Å². The van der Waals surface area contributed by atoms with Crippen molar-refractivity contribution in [3.63, 3.8) is 0 Å². The van der Waals surface area contributed by atoms with Crippen LogP contribution in [0.4, 0.5) is 0 Å². The van der Waals surface area contributed by atoms with Gasteiger partial charge in [0, 0.05) is 31.2 Å². The second kappa shape index (κ2) is 8.11. The maximum atomic E-state index is 12.3. The van der Waals surface area contributed by atoms with Crippen molar-refractivity contribution in [2.24, 2.45) is 5.92 Å². The smallest absolute Gasteiger partial charge is 0.223 e.